The number of carbonyl (C=O) groups excluding carboxylic acids is 1. The molecule has 172 valence electrons. The Balaban J connectivity index is 1.76. The van der Waals surface area contributed by atoms with E-state index in [9.17, 15) is 19.8 Å². The van der Waals surface area contributed by atoms with E-state index in [1.165, 1.54) is 25.3 Å². The van der Waals surface area contributed by atoms with Crippen molar-refractivity contribution in [2.75, 3.05) is 12.6 Å². The number of aliphatic carboxylic acids is 1. The van der Waals surface area contributed by atoms with E-state index in [2.05, 4.69) is 10.8 Å². The molecule has 4 N–H and O–H groups in total. The molecule has 0 aliphatic carbocycles. The molecule has 0 fully saturated rings. The highest BCUT2D eigenvalue weighted by Crippen LogP contribution is 2.25. The normalized spacial score (nSPS) is 12.5. The van der Waals surface area contributed by atoms with Crippen molar-refractivity contribution < 1.29 is 24.6 Å². The Morgan fingerprint density at radius 2 is 1.64 bits per heavy atom. The topological polar surface area (TPSA) is 108 Å². The molecule has 0 aliphatic heterocycles. The van der Waals surface area contributed by atoms with E-state index in [0.717, 1.165) is 16.7 Å². The summed E-state index contributed by atoms with van der Waals surface area (Å²) < 4.78 is 0. The molecule has 1 amide bonds. The van der Waals surface area contributed by atoms with Gasteiger partial charge < -0.3 is 15.5 Å². The van der Waals surface area contributed by atoms with Crippen LogP contribution >= 0.6 is 0 Å². The quantitative estimate of drug-likeness (QED) is 0.269. The molecule has 0 radical (unpaired) electrons. The van der Waals surface area contributed by atoms with Crippen LogP contribution in [0.2, 0.25) is 0 Å². The smallest absolute Gasteiger partial charge is 0.306 e. The number of benzene rings is 3. The molecule has 0 aliphatic rings. The van der Waals surface area contributed by atoms with Gasteiger partial charge in [0.25, 0.3) is 5.91 Å². The molecule has 3 aromatic carbocycles. The minimum absolute atomic E-state index is 0.0528. The maximum absolute atomic E-state index is 12.9. The van der Waals surface area contributed by atoms with Crippen molar-refractivity contribution in [1.82, 2.24) is 5.32 Å². The van der Waals surface area contributed by atoms with Gasteiger partial charge in [-0.25, -0.2) is 0 Å². The van der Waals surface area contributed by atoms with E-state index < -0.39 is 11.9 Å². The summed E-state index contributed by atoms with van der Waals surface area (Å²) in [4.78, 5) is 29.1. The molecule has 0 spiro atoms. The number of rotatable bonds is 10. The van der Waals surface area contributed by atoms with Gasteiger partial charge in [0.15, 0.2) is 0 Å². The molecular formula is C26H28N2O5. The van der Waals surface area contributed by atoms with Crippen LogP contribution in [0, 0.1) is 5.92 Å². The molecule has 33 heavy (non-hydrogen) atoms. The number of amides is 1. The van der Waals surface area contributed by atoms with Gasteiger partial charge >= 0.3 is 5.97 Å². The highest BCUT2D eigenvalue weighted by Gasteiger charge is 2.21. The summed E-state index contributed by atoms with van der Waals surface area (Å²) in [6.45, 7) is 1.63. The number of carbonyl (C=O) groups is 2. The third-order valence-corrected chi connectivity index (χ3v) is 5.41. The van der Waals surface area contributed by atoms with Gasteiger partial charge in [-0.15, -0.1) is 0 Å². The van der Waals surface area contributed by atoms with Crippen molar-refractivity contribution in [3.8, 4) is 16.9 Å². The molecule has 3 aromatic rings. The highest BCUT2D eigenvalue weighted by molar-refractivity contribution is 5.95. The van der Waals surface area contributed by atoms with E-state index in [-0.39, 0.29) is 29.8 Å². The van der Waals surface area contributed by atoms with Gasteiger partial charge in [-0.3, -0.25) is 19.9 Å². The van der Waals surface area contributed by atoms with Crippen LogP contribution < -0.4 is 10.8 Å². The average Bonchev–Trinajstić information content (AvgIpc) is 2.81. The van der Waals surface area contributed by atoms with E-state index >= 15 is 0 Å². The third kappa shape index (κ3) is 6.57. The van der Waals surface area contributed by atoms with Crippen LogP contribution in [0.4, 0.5) is 5.69 Å². The summed E-state index contributed by atoms with van der Waals surface area (Å²) in [6.07, 6.45) is 0.766. The van der Waals surface area contributed by atoms with E-state index in [0.29, 0.717) is 12.0 Å². The van der Waals surface area contributed by atoms with Gasteiger partial charge in [-0.05, 0) is 47.7 Å². The fraction of sp³-hybridized carbons (Fsp3) is 0.231. The molecule has 0 saturated carbocycles. The molecule has 7 nitrogen and oxygen atoms in total. The minimum Gasteiger partial charge on any atom is -0.506 e. The molecule has 3 rings (SSSR count). The van der Waals surface area contributed by atoms with E-state index in [1.807, 2.05) is 54.6 Å². The number of phenols is 1. The first-order chi connectivity index (χ1) is 15.9. The number of hydrogen-bond donors (Lipinski definition) is 4. The van der Waals surface area contributed by atoms with E-state index in [4.69, 9.17) is 4.84 Å². The highest BCUT2D eigenvalue weighted by atomic mass is 16.6. The second kappa shape index (κ2) is 11.2. The molecule has 0 unspecified atom stereocenters. The summed E-state index contributed by atoms with van der Waals surface area (Å²) in [6, 6.07) is 22.0. The second-order valence-corrected chi connectivity index (χ2v) is 7.95. The van der Waals surface area contributed by atoms with Gasteiger partial charge in [0, 0.05) is 11.6 Å². The lowest BCUT2D eigenvalue weighted by atomic mass is 9.94. The predicted molar refractivity (Wildman–Crippen MR) is 127 cm³/mol. The van der Waals surface area contributed by atoms with Crippen LogP contribution in [0.3, 0.4) is 0 Å². The summed E-state index contributed by atoms with van der Waals surface area (Å²) in [5.74, 6) is -1.95. The first kappa shape index (κ1) is 23.8. The summed E-state index contributed by atoms with van der Waals surface area (Å²) in [5, 5.41) is 22.2. The van der Waals surface area contributed by atoms with Crippen molar-refractivity contribution >= 4 is 17.6 Å². The maximum atomic E-state index is 12.9. The Hall–Kier alpha value is -3.84. The molecule has 0 aromatic heterocycles. The van der Waals surface area contributed by atoms with Crippen LogP contribution in [0.15, 0.2) is 72.8 Å². The van der Waals surface area contributed by atoms with Gasteiger partial charge in [-0.1, -0.05) is 61.5 Å². The Labute approximate surface area is 193 Å². The lowest BCUT2D eigenvalue weighted by molar-refractivity contribution is -0.141. The summed E-state index contributed by atoms with van der Waals surface area (Å²) in [5.41, 5.74) is 6.29. The lowest BCUT2D eigenvalue weighted by Crippen LogP contribution is -2.38. The number of phenolic OH excluding ortho intramolecular Hbond substituents is 1. The SMILES string of the molecule is CONc1cc(C(=O)N[C@H](Cc2ccc(-c3ccccc3)cc2)C[C@@H](C)C(=O)O)ccc1O. The fourth-order valence-corrected chi connectivity index (χ4v) is 3.61. The number of nitrogens with one attached hydrogen (secondary N) is 2. The minimum atomic E-state index is -0.912. The largest absolute Gasteiger partial charge is 0.506 e. The monoisotopic (exact) mass is 448 g/mol. The van der Waals surface area contributed by atoms with Gasteiger partial charge in [0.05, 0.1) is 13.0 Å². The van der Waals surface area contributed by atoms with Crippen LogP contribution in [0.1, 0.15) is 29.3 Å². The van der Waals surface area contributed by atoms with Crippen LogP contribution in [0.25, 0.3) is 11.1 Å². The molecular weight excluding hydrogens is 420 g/mol. The molecule has 7 heteroatoms. The molecule has 0 heterocycles. The van der Waals surface area contributed by atoms with Crippen LogP contribution in [0.5, 0.6) is 5.75 Å². The van der Waals surface area contributed by atoms with Crippen molar-refractivity contribution in [2.24, 2.45) is 5.92 Å². The summed E-state index contributed by atoms with van der Waals surface area (Å²) >= 11 is 0. The Bertz CT molecular complexity index is 1080. The van der Waals surface area contributed by atoms with Crippen LogP contribution in [-0.4, -0.2) is 35.2 Å². The van der Waals surface area contributed by atoms with Gasteiger partial charge in [0.2, 0.25) is 0 Å². The zero-order chi connectivity index (χ0) is 23.8. The molecule has 0 bridgehead atoms. The average molecular weight is 449 g/mol. The Morgan fingerprint density at radius 3 is 2.27 bits per heavy atom. The van der Waals surface area contributed by atoms with E-state index in [1.54, 1.807) is 6.92 Å². The number of aromatic hydroxyl groups is 1. The predicted octanol–water partition coefficient (Wildman–Crippen LogP) is 4.48. The van der Waals surface area contributed by atoms with Crippen molar-refractivity contribution in [1.29, 1.82) is 0 Å². The molecule has 2 atom stereocenters. The Kier molecular flexibility index (Phi) is 8.05. The first-order valence-corrected chi connectivity index (χ1v) is 10.7. The first-order valence-electron chi connectivity index (χ1n) is 10.7. The Morgan fingerprint density at radius 1 is 0.970 bits per heavy atom. The van der Waals surface area contributed by atoms with Crippen molar-refractivity contribution in [3.05, 3.63) is 83.9 Å². The van der Waals surface area contributed by atoms with Gasteiger partial charge in [-0.2, -0.15) is 0 Å². The second-order valence-electron chi connectivity index (χ2n) is 7.95. The lowest BCUT2D eigenvalue weighted by Gasteiger charge is -2.21. The van der Waals surface area contributed by atoms with Gasteiger partial charge in [0.1, 0.15) is 11.4 Å². The number of anilines is 1. The number of carboxylic acid groups (broad SMARTS) is 1. The van der Waals surface area contributed by atoms with Crippen molar-refractivity contribution in [3.63, 3.8) is 0 Å². The molecule has 0 saturated heterocycles. The third-order valence-electron chi connectivity index (χ3n) is 5.41. The maximum Gasteiger partial charge on any atom is 0.306 e. The zero-order valence-electron chi connectivity index (χ0n) is 18.6. The summed E-state index contributed by atoms with van der Waals surface area (Å²) in [7, 11) is 1.40. The standard InChI is InChI=1S/C26H28N2O5/c1-17(26(31)32)14-22(27-25(30)21-12-13-24(29)23(16-21)28-33-2)15-18-8-10-20(11-9-18)19-6-4-3-5-7-19/h3-13,16-17,22,28-29H,14-15H2,1-2H3,(H,27,30)(H,31,32)/t17-,22+/m1/s1. The number of carboxylic acids is 1. The number of hydrogen-bond acceptors (Lipinski definition) is 5. The zero-order valence-corrected chi connectivity index (χ0v) is 18.6. The fourth-order valence-electron chi connectivity index (χ4n) is 3.61. The van der Waals surface area contributed by atoms with Crippen LogP contribution in [-0.2, 0) is 16.1 Å². The van der Waals surface area contributed by atoms with Crippen molar-refractivity contribution in [2.45, 2.75) is 25.8 Å².